The van der Waals surface area contributed by atoms with Gasteiger partial charge in [-0.05, 0) is 55.2 Å². The lowest BCUT2D eigenvalue weighted by Gasteiger charge is -2.08. The first-order valence-electron chi connectivity index (χ1n) is 8.49. The maximum absolute atomic E-state index is 13.8. The van der Waals surface area contributed by atoms with Gasteiger partial charge in [-0.1, -0.05) is 6.07 Å². The van der Waals surface area contributed by atoms with Gasteiger partial charge in [0.25, 0.3) is 5.91 Å². The van der Waals surface area contributed by atoms with Gasteiger partial charge in [-0.2, -0.15) is 0 Å². The third-order valence-corrected chi connectivity index (χ3v) is 5.56. The Morgan fingerprint density at radius 2 is 1.96 bits per heavy atom. The number of hydrogen-bond donors (Lipinski definition) is 1. The minimum absolute atomic E-state index is 0.330. The molecule has 7 heteroatoms. The summed E-state index contributed by atoms with van der Waals surface area (Å²) in [5, 5.41) is 2.86. The number of benzene rings is 2. The maximum atomic E-state index is 13.8. The van der Waals surface area contributed by atoms with Crippen molar-refractivity contribution in [1.29, 1.82) is 0 Å². The predicted octanol–water partition coefficient (Wildman–Crippen LogP) is 4.84. The quantitative estimate of drug-likeness (QED) is 0.701. The molecule has 3 aromatic rings. The zero-order valence-electron chi connectivity index (χ0n) is 14.5. The van der Waals surface area contributed by atoms with Crippen molar-refractivity contribution in [1.82, 2.24) is 4.98 Å². The number of thiazole rings is 1. The summed E-state index contributed by atoms with van der Waals surface area (Å²) in [5.41, 5.74) is 2.33. The number of nitrogens with one attached hydrogen (secondary N) is 1. The largest absolute Gasteiger partial charge is 0.497 e. The molecule has 0 bridgehead atoms. The van der Waals surface area contributed by atoms with Crippen LogP contribution >= 0.6 is 11.3 Å². The van der Waals surface area contributed by atoms with E-state index >= 15 is 0 Å². The highest BCUT2D eigenvalue weighted by Gasteiger charge is 2.22. The fourth-order valence-electron chi connectivity index (χ4n) is 3.23. The molecule has 4 rings (SSSR count). The average molecular weight is 386 g/mol. The predicted molar refractivity (Wildman–Crippen MR) is 100 cm³/mol. The van der Waals surface area contributed by atoms with E-state index in [0.717, 1.165) is 58.8 Å². The van der Waals surface area contributed by atoms with Crippen molar-refractivity contribution in [2.45, 2.75) is 19.3 Å². The maximum Gasteiger partial charge on any atom is 0.263 e. The number of carbonyl (C=O) groups excluding carboxylic acids is 1. The third kappa shape index (κ3) is 3.30. The number of aromatic nitrogens is 1. The molecule has 0 fully saturated rings. The molecule has 1 aromatic heterocycles. The van der Waals surface area contributed by atoms with Crippen molar-refractivity contribution in [3.05, 3.63) is 64.0 Å². The molecule has 138 valence electrons. The lowest BCUT2D eigenvalue weighted by Crippen LogP contribution is -2.15. The van der Waals surface area contributed by atoms with Crippen LogP contribution < -0.4 is 10.1 Å². The molecule has 0 saturated heterocycles. The minimum Gasteiger partial charge on any atom is -0.497 e. The smallest absolute Gasteiger partial charge is 0.263 e. The monoisotopic (exact) mass is 386 g/mol. The Morgan fingerprint density at radius 1 is 1.19 bits per heavy atom. The Labute approximate surface area is 158 Å². The van der Waals surface area contributed by atoms with E-state index in [9.17, 15) is 13.6 Å². The normalized spacial score (nSPS) is 12.7. The fourth-order valence-corrected chi connectivity index (χ4v) is 4.25. The standard InChI is InChI=1S/C20H16F2N2O2S/c1-26-12-8-9-13-11(10-12)4-2-7-16-18(13)23-20(27-16)24-19(25)17-14(21)5-3-6-15(17)22/h3,5-6,8-10H,2,4,7H2,1H3,(H,23,24,25). The summed E-state index contributed by atoms with van der Waals surface area (Å²) < 4.78 is 32.9. The minimum atomic E-state index is -0.900. The Balaban J connectivity index is 1.67. The first-order valence-corrected chi connectivity index (χ1v) is 9.31. The number of carbonyl (C=O) groups is 1. The SMILES string of the molecule is COc1ccc2c(c1)CCCc1sc(NC(=O)c3c(F)cccc3F)nc1-2. The van der Waals surface area contributed by atoms with Crippen molar-refractivity contribution >= 4 is 22.4 Å². The van der Waals surface area contributed by atoms with Crippen LogP contribution in [0.5, 0.6) is 5.75 Å². The van der Waals surface area contributed by atoms with Gasteiger partial charge in [0.15, 0.2) is 5.13 Å². The van der Waals surface area contributed by atoms with Gasteiger partial charge in [-0.15, -0.1) is 11.3 Å². The molecule has 1 aliphatic carbocycles. The van der Waals surface area contributed by atoms with Gasteiger partial charge >= 0.3 is 0 Å². The molecule has 0 unspecified atom stereocenters. The first kappa shape index (κ1) is 17.6. The van der Waals surface area contributed by atoms with Crippen LogP contribution in [0.1, 0.15) is 27.2 Å². The Hall–Kier alpha value is -2.80. The van der Waals surface area contributed by atoms with Gasteiger partial charge in [0.05, 0.1) is 12.8 Å². The van der Waals surface area contributed by atoms with E-state index in [-0.39, 0.29) is 0 Å². The number of hydrogen-bond acceptors (Lipinski definition) is 4. The number of amides is 1. The molecule has 1 amide bonds. The molecule has 0 saturated carbocycles. The molecule has 2 aromatic carbocycles. The average Bonchev–Trinajstić information content (AvgIpc) is 2.95. The molecule has 0 aliphatic heterocycles. The van der Waals surface area contributed by atoms with Gasteiger partial charge in [-0.3, -0.25) is 10.1 Å². The number of halogens is 2. The first-order chi connectivity index (χ1) is 13.1. The second-order valence-corrected chi connectivity index (χ2v) is 7.30. The van der Waals surface area contributed by atoms with Gasteiger partial charge in [0.2, 0.25) is 0 Å². The lowest BCUT2D eigenvalue weighted by molar-refractivity contribution is 0.101. The van der Waals surface area contributed by atoms with Crippen LogP contribution in [0.15, 0.2) is 36.4 Å². The zero-order chi connectivity index (χ0) is 19.0. The second-order valence-electron chi connectivity index (χ2n) is 6.22. The number of nitrogens with zero attached hydrogens (tertiary/aromatic N) is 1. The Morgan fingerprint density at radius 3 is 2.70 bits per heavy atom. The summed E-state index contributed by atoms with van der Waals surface area (Å²) in [6, 6.07) is 9.16. The van der Waals surface area contributed by atoms with Gasteiger partial charge in [0.1, 0.15) is 22.9 Å². The van der Waals surface area contributed by atoms with Gasteiger partial charge in [-0.25, -0.2) is 13.8 Å². The molecule has 0 radical (unpaired) electrons. The number of aryl methyl sites for hydroxylation is 2. The van der Waals surface area contributed by atoms with Crippen molar-refractivity contribution < 1.29 is 18.3 Å². The molecule has 0 atom stereocenters. The van der Waals surface area contributed by atoms with E-state index in [1.54, 1.807) is 7.11 Å². The van der Waals surface area contributed by atoms with Crippen molar-refractivity contribution in [2.75, 3.05) is 12.4 Å². The van der Waals surface area contributed by atoms with E-state index < -0.39 is 23.1 Å². The zero-order valence-corrected chi connectivity index (χ0v) is 15.3. The summed E-state index contributed by atoms with van der Waals surface area (Å²) >= 11 is 1.34. The lowest BCUT2D eigenvalue weighted by atomic mass is 10.0. The summed E-state index contributed by atoms with van der Waals surface area (Å²) in [5.74, 6) is -1.86. The van der Waals surface area contributed by atoms with E-state index in [1.807, 2.05) is 18.2 Å². The van der Waals surface area contributed by atoms with Gasteiger partial charge < -0.3 is 4.74 Å². The molecular weight excluding hydrogens is 370 g/mol. The summed E-state index contributed by atoms with van der Waals surface area (Å²) in [6.45, 7) is 0. The molecule has 27 heavy (non-hydrogen) atoms. The van der Waals surface area contributed by atoms with Crippen molar-refractivity contribution in [3.63, 3.8) is 0 Å². The van der Waals surface area contributed by atoms with Crippen LogP contribution in [0.2, 0.25) is 0 Å². The molecule has 1 heterocycles. The van der Waals surface area contributed by atoms with Crippen LogP contribution in [0, 0.1) is 11.6 Å². The molecule has 4 nitrogen and oxygen atoms in total. The Bertz CT molecular complexity index is 1010. The molecule has 0 spiro atoms. The number of anilines is 1. The molecule has 1 N–H and O–H groups in total. The number of ether oxygens (including phenoxy) is 1. The molecule has 1 aliphatic rings. The van der Waals surface area contributed by atoms with Crippen LogP contribution in [0.25, 0.3) is 11.3 Å². The van der Waals surface area contributed by atoms with E-state index in [0.29, 0.717) is 5.13 Å². The summed E-state index contributed by atoms with van der Waals surface area (Å²) in [6.07, 6.45) is 2.69. The topological polar surface area (TPSA) is 51.2 Å². The third-order valence-electron chi connectivity index (χ3n) is 4.53. The fraction of sp³-hybridized carbons (Fsp3) is 0.200. The van der Waals surface area contributed by atoms with E-state index in [2.05, 4.69) is 10.3 Å². The van der Waals surface area contributed by atoms with E-state index in [1.165, 1.54) is 17.4 Å². The number of rotatable bonds is 3. The van der Waals surface area contributed by atoms with Crippen molar-refractivity contribution in [3.8, 4) is 17.0 Å². The van der Waals surface area contributed by atoms with Gasteiger partial charge in [0, 0.05) is 10.4 Å². The van der Waals surface area contributed by atoms with Crippen LogP contribution in [-0.4, -0.2) is 18.0 Å². The summed E-state index contributed by atoms with van der Waals surface area (Å²) in [4.78, 5) is 17.9. The Kier molecular flexibility index (Phi) is 4.61. The second kappa shape index (κ2) is 7.08. The van der Waals surface area contributed by atoms with Crippen molar-refractivity contribution in [2.24, 2.45) is 0 Å². The highest BCUT2D eigenvalue weighted by molar-refractivity contribution is 7.16. The van der Waals surface area contributed by atoms with Crippen LogP contribution in [-0.2, 0) is 12.8 Å². The summed E-state index contributed by atoms with van der Waals surface area (Å²) in [7, 11) is 1.63. The van der Waals surface area contributed by atoms with E-state index in [4.69, 9.17) is 4.74 Å². The number of methoxy groups -OCH3 is 1. The van der Waals surface area contributed by atoms with Crippen LogP contribution in [0.3, 0.4) is 0 Å². The van der Waals surface area contributed by atoms with Crippen LogP contribution in [0.4, 0.5) is 13.9 Å². The highest BCUT2D eigenvalue weighted by atomic mass is 32.1. The number of fused-ring (bicyclic) bond motifs is 3. The molecular formula is C20H16F2N2O2S. The highest BCUT2D eigenvalue weighted by Crippen LogP contribution is 2.38.